The van der Waals surface area contributed by atoms with Gasteiger partial charge in [0.05, 0.1) is 22.4 Å². The van der Waals surface area contributed by atoms with E-state index in [0.717, 1.165) is 33.9 Å². The van der Waals surface area contributed by atoms with Crippen molar-refractivity contribution < 1.29 is 14.3 Å². The second kappa shape index (κ2) is 9.13. The number of rotatable bonds is 5. The Balaban J connectivity index is 1.30. The van der Waals surface area contributed by atoms with E-state index in [1.165, 1.54) is 11.3 Å². The molecule has 32 heavy (non-hydrogen) atoms. The molecule has 0 spiro atoms. The van der Waals surface area contributed by atoms with Crippen LogP contribution in [-0.2, 0) is 6.42 Å². The van der Waals surface area contributed by atoms with E-state index in [1.807, 2.05) is 36.4 Å². The lowest BCUT2D eigenvalue weighted by atomic mass is 10.0. The van der Waals surface area contributed by atoms with Crippen molar-refractivity contribution in [2.75, 3.05) is 25.4 Å². The highest BCUT2D eigenvalue weighted by molar-refractivity contribution is 8.00. The molecule has 1 fully saturated rings. The molecule has 3 heterocycles. The van der Waals surface area contributed by atoms with Gasteiger partial charge in [0.1, 0.15) is 11.4 Å². The lowest BCUT2D eigenvalue weighted by Gasteiger charge is -2.24. The monoisotopic (exact) mass is 485 g/mol. The van der Waals surface area contributed by atoms with Crippen LogP contribution in [0.4, 0.5) is 0 Å². The molecule has 9 heteroatoms. The number of halogens is 1. The molecule has 2 amide bonds. The van der Waals surface area contributed by atoms with Crippen molar-refractivity contribution in [3.63, 3.8) is 0 Å². The molecular weight excluding hydrogens is 466 g/mol. The van der Waals surface area contributed by atoms with Crippen molar-refractivity contribution in [1.29, 1.82) is 0 Å². The van der Waals surface area contributed by atoms with Crippen molar-refractivity contribution in [1.82, 2.24) is 15.2 Å². The first-order valence-corrected chi connectivity index (χ1v) is 12.6. The van der Waals surface area contributed by atoms with Gasteiger partial charge in [0.2, 0.25) is 0 Å². The number of aromatic nitrogens is 1. The normalized spacial score (nSPS) is 17.2. The zero-order chi connectivity index (χ0) is 22.1. The summed E-state index contributed by atoms with van der Waals surface area (Å²) in [5, 5.41) is 3.48. The largest absolute Gasteiger partial charge is 0.493 e. The fourth-order valence-corrected chi connectivity index (χ4v) is 6.13. The third kappa shape index (κ3) is 4.10. The smallest absolute Gasteiger partial charge is 0.274 e. The first-order valence-electron chi connectivity index (χ1n) is 10.3. The molecule has 2 aliphatic heterocycles. The van der Waals surface area contributed by atoms with Gasteiger partial charge in [-0.25, -0.2) is 4.98 Å². The Morgan fingerprint density at radius 2 is 2.12 bits per heavy atom. The van der Waals surface area contributed by atoms with Crippen LogP contribution in [-0.4, -0.2) is 52.5 Å². The Morgan fingerprint density at radius 1 is 1.25 bits per heavy atom. The number of benzene rings is 2. The average molecular weight is 486 g/mol. The van der Waals surface area contributed by atoms with Gasteiger partial charge in [-0.15, -0.1) is 23.1 Å². The van der Waals surface area contributed by atoms with Gasteiger partial charge >= 0.3 is 0 Å². The zero-order valence-electron chi connectivity index (χ0n) is 17.0. The van der Waals surface area contributed by atoms with Crippen LogP contribution in [0.25, 0.3) is 10.4 Å². The van der Waals surface area contributed by atoms with Crippen molar-refractivity contribution in [2.24, 2.45) is 0 Å². The van der Waals surface area contributed by atoms with E-state index in [2.05, 4.69) is 10.3 Å². The van der Waals surface area contributed by atoms with Gasteiger partial charge in [-0.3, -0.25) is 9.59 Å². The maximum absolute atomic E-state index is 13.4. The number of nitrogens with zero attached hydrogens (tertiary/aromatic N) is 2. The predicted molar refractivity (Wildman–Crippen MR) is 128 cm³/mol. The number of hydrogen-bond acceptors (Lipinski definition) is 6. The van der Waals surface area contributed by atoms with Crippen LogP contribution in [0.1, 0.15) is 26.4 Å². The third-order valence-corrected chi connectivity index (χ3v) is 7.87. The highest BCUT2D eigenvalue weighted by atomic mass is 35.5. The summed E-state index contributed by atoms with van der Waals surface area (Å²) in [5.41, 5.74) is 4.57. The standard InChI is InChI=1S/C23H20ClN3O3S2/c24-15-4-1-3-14(11-15)21-20(26-13-32-21)23(29)27-8-10-31-19(27)12-25-22(28)17-5-2-6-18-16(17)7-9-30-18/h1-6,11,13,19H,7-10,12H2,(H,25,28). The summed E-state index contributed by atoms with van der Waals surface area (Å²) in [6, 6.07) is 13.0. The molecule has 1 atom stereocenters. The van der Waals surface area contributed by atoms with Crippen molar-refractivity contribution in [2.45, 2.75) is 11.8 Å². The van der Waals surface area contributed by atoms with Gasteiger partial charge in [0.25, 0.3) is 11.8 Å². The van der Waals surface area contributed by atoms with Crippen LogP contribution in [0.15, 0.2) is 48.0 Å². The molecular formula is C23H20ClN3O3S2. The molecule has 1 saturated heterocycles. The first-order chi connectivity index (χ1) is 15.6. The summed E-state index contributed by atoms with van der Waals surface area (Å²) in [7, 11) is 0. The summed E-state index contributed by atoms with van der Waals surface area (Å²) in [4.78, 5) is 33.2. The molecule has 0 radical (unpaired) electrons. The quantitative estimate of drug-likeness (QED) is 0.582. The van der Waals surface area contributed by atoms with E-state index >= 15 is 0 Å². The Kier molecular flexibility index (Phi) is 6.08. The molecule has 1 aromatic heterocycles. The number of fused-ring (bicyclic) bond motifs is 1. The third-order valence-electron chi connectivity index (χ3n) is 5.53. The van der Waals surface area contributed by atoms with Crippen LogP contribution >= 0.6 is 34.7 Å². The fraction of sp³-hybridized carbons (Fsp3) is 0.261. The number of ether oxygens (including phenoxy) is 1. The van der Waals surface area contributed by atoms with E-state index in [9.17, 15) is 9.59 Å². The molecule has 1 N–H and O–H groups in total. The second-order valence-corrected chi connectivity index (χ2v) is 10.0. The lowest BCUT2D eigenvalue weighted by molar-refractivity contribution is 0.0747. The molecule has 2 aromatic carbocycles. The summed E-state index contributed by atoms with van der Waals surface area (Å²) in [6.07, 6.45) is 0.734. The Bertz CT molecular complexity index is 1180. The van der Waals surface area contributed by atoms with Gasteiger partial charge in [-0.1, -0.05) is 29.8 Å². The summed E-state index contributed by atoms with van der Waals surface area (Å²) in [6.45, 7) is 1.59. The minimum atomic E-state index is -0.145. The molecule has 164 valence electrons. The van der Waals surface area contributed by atoms with E-state index in [4.69, 9.17) is 16.3 Å². The van der Waals surface area contributed by atoms with Gasteiger partial charge in [-0.2, -0.15) is 0 Å². The average Bonchev–Trinajstić information content (AvgIpc) is 3.57. The van der Waals surface area contributed by atoms with Crippen LogP contribution in [0, 0.1) is 0 Å². The molecule has 0 aliphatic carbocycles. The molecule has 0 saturated carbocycles. The Hall–Kier alpha value is -2.55. The number of hydrogen-bond donors (Lipinski definition) is 1. The van der Waals surface area contributed by atoms with Crippen LogP contribution in [0.2, 0.25) is 5.02 Å². The number of carbonyl (C=O) groups excluding carboxylic acids is 2. The summed E-state index contributed by atoms with van der Waals surface area (Å²) >= 11 is 9.22. The van der Waals surface area contributed by atoms with Gasteiger partial charge in [0.15, 0.2) is 0 Å². The Labute approximate surface area is 198 Å². The molecule has 0 bridgehead atoms. The predicted octanol–water partition coefficient (Wildman–Crippen LogP) is 4.34. The van der Waals surface area contributed by atoms with Crippen LogP contribution in [0.3, 0.4) is 0 Å². The molecule has 3 aromatic rings. The fourth-order valence-electron chi connectivity index (χ4n) is 4.00. The van der Waals surface area contributed by atoms with E-state index in [0.29, 0.717) is 36.0 Å². The van der Waals surface area contributed by atoms with Crippen LogP contribution in [0.5, 0.6) is 5.75 Å². The molecule has 6 nitrogen and oxygen atoms in total. The maximum atomic E-state index is 13.4. The minimum absolute atomic E-state index is 0.125. The number of thiazole rings is 1. The van der Waals surface area contributed by atoms with Gasteiger partial charge < -0.3 is 15.0 Å². The van der Waals surface area contributed by atoms with Crippen molar-refractivity contribution in [3.8, 4) is 16.2 Å². The minimum Gasteiger partial charge on any atom is -0.493 e. The first kappa shape index (κ1) is 21.3. The molecule has 1 unspecified atom stereocenters. The number of amides is 2. The van der Waals surface area contributed by atoms with Crippen molar-refractivity contribution in [3.05, 3.63) is 69.8 Å². The van der Waals surface area contributed by atoms with Gasteiger partial charge in [-0.05, 0) is 29.8 Å². The highest BCUT2D eigenvalue weighted by Gasteiger charge is 2.33. The molecule has 2 aliphatic rings. The SMILES string of the molecule is O=C(NCC1SCCN1C(=O)c1ncsc1-c1cccc(Cl)c1)c1cccc2c1CCO2. The highest BCUT2D eigenvalue weighted by Crippen LogP contribution is 2.33. The number of carbonyl (C=O) groups is 2. The van der Waals surface area contributed by atoms with E-state index in [-0.39, 0.29) is 17.2 Å². The zero-order valence-corrected chi connectivity index (χ0v) is 19.4. The Morgan fingerprint density at radius 3 is 3.00 bits per heavy atom. The van der Waals surface area contributed by atoms with Crippen LogP contribution < -0.4 is 10.1 Å². The summed E-state index contributed by atoms with van der Waals surface area (Å²) < 4.78 is 5.56. The van der Waals surface area contributed by atoms with Gasteiger partial charge in [0, 0.05) is 41.4 Å². The maximum Gasteiger partial charge on any atom is 0.274 e. The topological polar surface area (TPSA) is 71.5 Å². The van der Waals surface area contributed by atoms with Crippen molar-refractivity contribution >= 4 is 46.5 Å². The van der Waals surface area contributed by atoms with E-state index < -0.39 is 0 Å². The second-order valence-electron chi connectivity index (χ2n) is 7.46. The number of thioether (sulfide) groups is 1. The molecule has 5 rings (SSSR count). The van der Waals surface area contributed by atoms with E-state index in [1.54, 1.807) is 28.2 Å². The summed E-state index contributed by atoms with van der Waals surface area (Å²) in [5.74, 6) is 1.33. The lowest BCUT2D eigenvalue weighted by Crippen LogP contribution is -2.42. The number of nitrogens with one attached hydrogen (secondary N) is 1.